The summed E-state index contributed by atoms with van der Waals surface area (Å²) in [4.78, 5) is 23.9. The number of hydrogen-bond acceptors (Lipinski definition) is 6. The van der Waals surface area contributed by atoms with Crippen molar-refractivity contribution < 1.29 is 19.1 Å². The third-order valence-electron chi connectivity index (χ3n) is 3.18. The molecule has 0 radical (unpaired) electrons. The highest BCUT2D eigenvalue weighted by Crippen LogP contribution is 2.27. The van der Waals surface area contributed by atoms with E-state index < -0.39 is 17.9 Å². The molecule has 0 unspecified atom stereocenters. The first-order valence-corrected chi connectivity index (χ1v) is 9.03. The van der Waals surface area contributed by atoms with Crippen molar-refractivity contribution >= 4 is 47.7 Å². The molecule has 1 N–H and O–H groups in total. The number of carbonyl (C=O) groups is 2. The third-order valence-corrected chi connectivity index (χ3v) is 4.07. The van der Waals surface area contributed by atoms with Gasteiger partial charge in [-0.05, 0) is 31.2 Å². The Kier molecular flexibility index (Phi) is 7.62. The number of ether oxygens (including phenoxy) is 2. The van der Waals surface area contributed by atoms with Gasteiger partial charge in [0.2, 0.25) is 0 Å². The first-order valence-electron chi connectivity index (χ1n) is 7.64. The molecule has 0 bridgehead atoms. The molecule has 26 heavy (non-hydrogen) atoms. The van der Waals surface area contributed by atoms with Gasteiger partial charge >= 0.3 is 5.97 Å². The Labute approximate surface area is 166 Å². The molecule has 1 heterocycles. The Balaban J connectivity index is 1.95. The summed E-state index contributed by atoms with van der Waals surface area (Å²) in [6.45, 7) is 1.95. The molecule has 10 heteroatoms. The lowest BCUT2D eigenvalue weighted by Crippen LogP contribution is -2.43. The van der Waals surface area contributed by atoms with Crippen LogP contribution in [0, 0.1) is 0 Å². The summed E-state index contributed by atoms with van der Waals surface area (Å²) in [6, 6.07) is 5.51. The molecule has 1 aromatic heterocycles. The number of aromatic nitrogens is 2. The van der Waals surface area contributed by atoms with Crippen molar-refractivity contribution in [3.8, 4) is 5.75 Å². The second-order valence-corrected chi connectivity index (χ2v) is 6.26. The molecule has 1 atom stereocenters. The fourth-order valence-electron chi connectivity index (χ4n) is 1.94. The summed E-state index contributed by atoms with van der Waals surface area (Å²) >= 11 is 15.9. The van der Waals surface area contributed by atoms with Crippen molar-refractivity contribution in [1.29, 1.82) is 0 Å². The number of rotatable bonds is 8. The van der Waals surface area contributed by atoms with E-state index >= 15 is 0 Å². The normalized spacial score (nSPS) is 11.7. The molecule has 2 aromatic rings. The summed E-state index contributed by atoms with van der Waals surface area (Å²) in [5.41, 5.74) is 0.131. The maximum atomic E-state index is 12.2. The predicted molar refractivity (Wildman–Crippen MR) is 101 cm³/mol. The molecular formula is C16H17Cl2N3O4S. The number of carbonyl (C=O) groups excluding carboxylic acids is 2. The number of esters is 1. The number of amides is 1. The van der Waals surface area contributed by atoms with E-state index in [0.29, 0.717) is 15.8 Å². The van der Waals surface area contributed by atoms with Gasteiger partial charge < -0.3 is 14.8 Å². The summed E-state index contributed by atoms with van der Waals surface area (Å²) in [5.74, 6) is -0.505. The molecule has 0 spiro atoms. The van der Waals surface area contributed by atoms with Crippen LogP contribution in [0.25, 0.3) is 0 Å². The van der Waals surface area contributed by atoms with Crippen LogP contribution < -0.4 is 10.1 Å². The van der Waals surface area contributed by atoms with E-state index in [4.69, 9.17) is 32.7 Å². The van der Waals surface area contributed by atoms with Crippen molar-refractivity contribution in [3.05, 3.63) is 46.2 Å². The quantitative estimate of drug-likeness (QED) is 0.509. The standard InChI is InChI=1S/C16H17Cl2N3O4S/c1-2-24-16(23)13(8-26)19-15(22)12-5-6-21(20-12)9-25-14-4-3-10(17)7-11(14)18/h3-7,13,26H,2,8-9H2,1H3,(H,19,22)/t13-/m0/s1. The van der Waals surface area contributed by atoms with Crippen LogP contribution in [0.1, 0.15) is 17.4 Å². The highest BCUT2D eigenvalue weighted by Gasteiger charge is 2.22. The number of hydrogen-bond donors (Lipinski definition) is 2. The van der Waals surface area contributed by atoms with Crippen LogP contribution in [0.2, 0.25) is 10.0 Å². The third kappa shape index (κ3) is 5.55. The number of halogens is 2. The Hall–Kier alpha value is -1.90. The van der Waals surface area contributed by atoms with Crippen LogP contribution >= 0.6 is 35.8 Å². The number of benzene rings is 1. The van der Waals surface area contributed by atoms with E-state index in [2.05, 4.69) is 23.0 Å². The van der Waals surface area contributed by atoms with Crippen LogP contribution in [-0.4, -0.2) is 40.1 Å². The minimum Gasteiger partial charge on any atom is -0.470 e. The lowest BCUT2D eigenvalue weighted by Gasteiger charge is -2.14. The Morgan fingerprint density at radius 1 is 1.35 bits per heavy atom. The summed E-state index contributed by atoms with van der Waals surface area (Å²) in [7, 11) is 0. The van der Waals surface area contributed by atoms with Crippen molar-refractivity contribution in [1.82, 2.24) is 15.1 Å². The van der Waals surface area contributed by atoms with E-state index in [0.717, 1.165) is 0 Å². The molecule has 7 nitrogen and oxygen atoms in total. The maximum Gasteiger partial charge on any atom is 0.329 e. The van der Waals surface area contributed by atoms with Gasteiger partial charge in [0, 0.05) is 17.0 Å². The van der Waals surface area contributed by atoms with Crippen molar-refractivity contribution in [3.63, 3.8) is 0 Å². The lowest BCUT2D eigenvalue weighted by atomic mass is 10.3. The predicted octanol–water partition coefficient (Wildman–Crippen LogP) is 2.82. The van der Waals surface area contributed by atoms with Gasteiger partial charge in [-0.15, -0.1) is 0 Å². The zero-order valence-corrected chi connectivity index (χ0v) is 16.2. The fourth-order valence-corrected chi connectivity index (χ4v) is 2.64. The Bertz CT molecular complexity index is 785. The highest BCUT2D eigenvalue weighted by molar-refractivity contribution is 7.80. The fraction of sp³-hybridized carbons (Fsp3) is 0.312. The minimum atomic E-state index is -0.847. The molecular weight excluding hydrogens is 401 g/mol. The van der Waals surface area contributed by atoms with Crippen molar-refractivity contribution in [2.45, 2.75) is 19.7 Å². The van der Waals surface area contributed by atoms with E-state index in [1.165, 1.54) is 10.7 Å². The average molecular weight is 418 g/mol. The van der Waals surface area contributed by atoms with Gasteiger partial charge in [-0.1, -0.05) is 23.2 Å². The summed E-state index contributed by atoms with van der Waals surface area (Å²) in [5, 5.41) is 7.50. The number of thiol groups is 1. The summed E-state index contributed by atoms with van der Waals surface area (Å²) < 4.78 is 11.8. The molecule has 0 aliphatic heterocycles. The molecule has 1 aromatic carbocycles. The smallest absolute Gasteiger partial charge is 0.329 e. The van der Waals surface area contributed by atoms with E-state index in [9.17, 15) is 9.59 Å². The zero-order valence-electron chi connectivity index (χ0n) is 13.8. The topological polar surface area (TPSA) is 82.5 Å². The zero-order chi connectivity index (χ0) is 19.1. The second kappa shape index (κ2) is 9.70. The molecule has 0 aliphatic rings. The highest BCUT2D eigenvalue weighted by atomic mass is 35.5. The van der Waals surface area contributed by atoms with Gasteiger partial charge in [0.1, 0.15) is 17.5 Å². The van der Waals surface area contributed by atoms with E-state index in [-0.39, 0.29) is 24.8 Å². The van der Waals surface area contributed by atoms with Crippen LogP contribution in [0.5, 0.6) is 5.75 Å². The largest absolute Gasteiger partial charge is 0.470 e. The van der Waals surface area contributed by atoms with Gasteiger partial charge in [0.25, 0.3) is 5.91 Å². The second-order valence-electron chi connectivity index (χ2n) is 5.05. The van der Waals surface area contributed by atoms with Gasteiger partial charge in [-0.2, -0.15) is 17.7 Å². The monoisotopic (exact) mass is 417 g/mol. The molecule has 140 valence electrons. The van der Waals surface area contributed by atoms with Crippen LogP contribution in [0.3, 0.4) is 0 Å². The summed E-state index contributed by atoms with van der Waals surface area (Å²) in [6.07, 6.45) is 1.57. The maximum absolute atomic E-state index is 12.2. The Morgan fingerprint density at radius 2 is 2.12 bits per heavy atom. The first-order chi connectivity index (χ1) is 12.4. The van der Waals surface area contributed by atoms with Gasteiger partial charge in [-0.3, -0.25) is 4.79 Å². The van der Waals surface area contributed by atoms with Crippen LogP contribution in [0.4, 0.5) is 0 Å². The average Bonchev–Trinajstić information content (AvgIpc) is 3.08. The van der Waals surface area contributed by atoms with Crippen LogP contribution in [0.15, 0.2) is 30.5 Å². The molecule has 0 saturated heterocycles. The van der Waals surface area contributed by atoms with Crippen molar-refractivity contribution in [2.75, 3.05) is 12.4 Å². The van der Waals surface area contributed by atoms with Gasteiger partial charge in [0.15, 0.2) is 6.73 Å². The SMILES string of the molecule is CCOC(=O)[C@H](CS)NC(=O)c1ccn(COc2ccc(Cl)cc2Cl)n1. The van der Waals surface area contributed by atoms with E-state index in [1.54, 1.807) is 31.3 Å². The van der Waals surface area contributed by atoms with Gasteiger partial charge in [0.05, 0.1) is 11.6 Å². The minimum absolute atomic E-state index is 0.0442. The molecule has 0 aliphatic carbocycles. The first kappa shape index (κ1) is 20.4. The molecule has 2 rings (SSSR count). The van der Waals surface area contributed by atoms with Gasteiger partial charge in [-0.25, -0.2) is 9.48 Å². The van der Waals surface area contributed by atoms with E-state index in [1.807, 2.05) is 0 Å². The van der Waals surface area contributed by atoms with Crippen molar-refractivity contribution in [2.24, 2.45) is 0 Å². The number of nitrogens with one attached hydrogen (secondary N) is 1. The lowest BCUT2D eigenvalue weighted by molar-refractivity contribution is -0.144. The molecule has 0 saturated carbocycles. The molecule has 1 amide bonds. The molecule has 0 fully saturated rings. The Morgan fingerprint density at radius 3 is 2.77 bits per heavy atom. The number of nitrogens with zero attached hydrogens (tertiary/aromatic N) is 2. The van der Waals surface area contributed by atoms with Crippen LogP contribution in [-0.2, 0) is 16.3 Å².